The fourth-order valence-corrected chi connectivity index (χ4v) is 2.55. The number of carbonyl (C=O) groups excluding carboxylic acids is 2. The fourth-order valence-electron chi connectivity index (χ4n) is 2.13. The van der Waals surface area contributed by atoms with Crippen LogP contribution < -0.4 is 5.32 Å². The Kier molecular flexibility index (Phi) is 5.52. The second-order valence-electron chi connectivity index (χ2n) is 4.68. The molecule has 2 amide bonds. The highest BCUT2D eigenvalue weighted by Crippen LogP contribution is 2.24. The Morgan fingerprint density at radius 3 is 3.05 bits per heavy atom. The Labute approximate surface area is 132 Å². The first kappa shape index (κ1) is 15.7. The van der Waals surface area contributed by atoms with Crippen LogP contribution in [0.5, 0.6) is 0 Å². The predicted octanol–water partition coefficient (Wildman–Crippen LogP) is 1.65. The molecule has 0 aromatic heterocycles. The predicted molar refractivity (Wildman–Crippen MR) is 82.6 cm³/mol. The quantitative estimate of drug-likeness (QED) is 0.838. The van der Waals surface area contributed by atoms with Crippen molar-refractivity contribution in [3.63, 3.8) is 0 Å². The van der Waals surface area contributed by atoms with E-state index in [4.69, 9.17) is 4.74 Å². The maximum atomic E-state index is 12.1. The summed E-state index contributed by atoms with van der Waals surface area (Å²) in [5, 5.41) is 2.50. The third-order valence-corrected chi connectivity index (χ3v) is 3.73. The minimum atomic E-state index is -0.347. The van der Waals surface area contributed by atoms with Crippen LogP contribution in [-0.2, 0) is 14.3 Å². The molecule has 6 heteroatoms. The van der Waals surface area contributed by atoms with Crippen molar-refractivity contribution in [2.24, 2.45) is 0 Å². The molecule has 0 radical (unpaired) electrons. The van der Waals surface area contributed by atoms with Crippen LogP contribution in [0.1, 0.15) is 11.7 Å². The van der Waals surface area contributed by atoms with Gasteiger partial charge in [-0.25, -0.2) is 0 Å². The molecular formula is C15H17BrN2O3. The minimum absolute atomic E-state index is 0.0178. The van der Waals surface area contributed by atoms with Crippen molar-refractivity contribution < 1.29 is 14.3 Å². The van der Waals surface area contributed by atoms with Crippen LogP contribution in [0.2, 0.25) is 0 Å². The summed E-state index contributed by atoms with van der Waals surface area (Å²) in [6.07, 6.45) is 1.01. The summed E-state index contributed by atoms with van der Waals surface area (Å²) in [5.74, 6) is -0.464. The third-order valence-electron chi connectivity index (χ3n) is 3.24. The van der Waals surface area contributed by atoms with Gasteiger partial charge in [-0.05, 0) is 23.8 Å². The lowest BCUT2D eigenvalue weighted by Crippen LogP contribution is -2.46. The molecule has 1 fully saturated rings. The van der Waals surface area contributed by atoms with E-state index >= 15 is 0 Å². The number of hydrogen-bond acceptors (Lipinski definition) is 3. The van der Waals surface area contributed by atoms with Gasteiger partial charge in [0.15, 0.2) is 0 Å². The topological polar surface area (TPSA) is 58.6 Å². The SMILES string of the molecule is C=CC(=O)NCC(=O)N1CCOC(c2cccc(Br)c2)C1. The molecule has 1 N–H and O–H groups in total. The smallest absolute Gasteiger partial charge is 0.243 e. The van der Waals surface area contributed by atoms with E-state index < -0.39 is 0 Å². The number of amides is 2. The van der Waals surface area contributed by atoms with Gasteiger partial charge in [0.05, 0.1) is 19.7 Å². The lowest BCUT2D eigenvalue weighted by molar-refractivity contribution is -0.139. The molecule has 0 saturated carbocycles. The highest BCUT2D eigenvalue weighted by atomic mass is 79.9. The van der Waals surface area contributed by atoms with Crippen LogP contribution in [0, 0.1) is 0 Å². The molecule has 1 aliphatic heterocycles. The number of rotatable bonds is 4. The van der Waals surface area contributed by atoms with Crippen LogP contribution in [0.15, 0.2) is 41.4 Å². The summed E-state index contributed by atoms with van der Waals surface area (Å²) in [5.41, 5.74) is 1.03. The van der Waals surface area contributed by atoms with E-state index in [1.165, 1.54) is 0 Å². The zero-order valence-electron chi connectivity index (χ0n) is 11.5. The van der Waals surface area contributed by atoms with Crippen molar-refractivity contribution in [3.8, 4) is 0 Å². The average molecular weight is 353 g/mol. The number of hydrogen-bond donors (Lipinski definition) is 1. The van der Waals surface area contributed by atoms with E-state index in [1.807, 2.05) is 24.3 Å². The molecule has 2 rings (SSSR count). The van der Waals surface area contributed by atoms with E-state index in [1.54, 1.807) is 4.90 Å². The van der Waals surface area contributed by atoms with E-state index in [9.17, 15) is 9.59 Å². The molecular weight excluding hydrogens is 336 g/mol. The summed E-state index contributed by atoms with van der Waals surface area (Å²) in [4.78, 5) is 24.9. The van der Waals surface area contributed by atoms with Gasteiger partial charge in [-0.1, -0.05) is 34.6 Å². The van der Waals surface area contributed by atoms with Gasteiger partial charge in [-0.2, -0.15) is 0 Å². The van der Waals surface area contributed by atoms with Crippen molar-refractivity contribution in [2.45, 2.75) is 6.10 Å². The first-order chi connectivity index (χ1) is 10.1. The van der Waals surface area contributed by atoms with Gasteiger partial charge in [0.1, 0.15) is 6.10 Å². The average Bonchev–Trinajstić information content (AvgIpc) is 2.52. The molecule has 1 aliphatic rings. The van der Waals surface area contributed by atoms with Crippen LogP contribution in [-0.4, -0.2) is 43.0 Å². The first-order valence-electron chi connectivity index (χ1n) is 6.65. The van der Waals surface area contributed by atoms with E-state index in [0.29, 0.717) is 19.7 Å². The molecule has 0 aliphatic carbocycles. The lowest BCUT2D eigenvalue weighted by Gasteiger charge is -2.33. The van der Waals surface area contributed by atoms with Crippen molar-refractivity contribution >= 4 is 27.7 Å². The molecule has 1 aromatic carbocycles. The van der Waals surface area contributed by atoms with Crippen molar-refractivity contribution in [2.75, 3.05) is 26.2 Å². The monoisotopic (exact) mass is 352 g/mol. The Bertz CT molecular complexity index is 547. The van der Waals surface area contributed by atoms with Crippen LogP contribution in [0.3, 0.4) is 0 Å². The Balaban J connectivity index is 1.95. The van der Waals surface area contributed by atoms with Gasteiger partial charge in [-0.3, -0.25) is 9.59 Å². The molecule has 0 bridgehead atoms. The normalized spacial score (nSPS) is 18.1. The second kappa shape index (κ2) is 7.38. The van der Waals surface area contributed by atoms with Gasteiger partial charge in [0, 0.05) is 11.0 Å². The number of carbonyl (C=O) groups is 2. The standard InChI is InChI=1S/C15H17BrN2O3/c1-2-14(19)17-9-15(20)18-6-7-21-13(10-18)11-4-3-5-12(16)8-11/h2-5,8,13H,1,6-7,9-10H2,(H,17,19). The zero-order chi connectivity index (χ0) is 15.2. The molecule has 0 spiro atoms. The first-order valence-corrected chi connectivity index (χ1v) is 7.44. The summed E-state index contributed by atoms with van der Waals surface area (Å²) in [7, 11) is 0. The van der Waals surface area contributed by atoms with E-state index in [0.717, 1.165) is 16.1 Å². The van der Waals surface area contributed by atoms with Gasteiger partial charge >= 0.3 is 0 Å². The second-order valence-corrected chi connectivity index (χ2v) is 5.59. The summed E-state index contributed by atoms with van der Waals surface area (Å²) >= 11 is 3.43. The van der Waals surface area contributed by atoms with E-state index in [-0.39, 0.29) is 24.5 Å². The Hall–Kier alpha value is -1.66. The highest BCUT2D eigenvalue weighted by Gasteiger charge is 2.25. The molecule has 1 unspecified atom stereocenters. The van der Waals surface area contributed by atoms with E-state index in [2.05, 4.69) is 27.8 Å². The minimum Gasteiger partial charge on any atom is -0.370 e. The van der Waals surface area contributed by atoms with Crippen LogP contribution in [0.4, 0.5) is 0 Å². The van der Waals surface area contributed by atoms with Gasteiger partial charge in [0.25, 0.3) is 0 Å². The number of morpholine rings is 1. The fraction of sp³-hybridized carbons (Fsp3) is 0.333. The van der Waals surface area contributed by atoms with Crippen molar-refractivity contribution in [3.05, 3.63) is 47.0 Å². The Morgan fingerprint density at radius 1 is 1.52 bits per heavy atom. The number of benzene rings is 1. The highest BCUT2D eigenvalue weighted by molar-refractivity contribution is 9.10. The maximum absolute atomic E-state index is 12.1. The number of nitrogens with one attached hydrogen (secondary N) is 1. The summed E-state index contributed by atoms with van der Waals surface area (Å²) < 4.78 is 6.71. The third kappa shape index (κ3) is 4.41. The molecule has 21 heavy (non-hydrogen) atoms. The van der Waals surface area contributed by atoms with Gasteiger partial charge in [-0.15, -0.1) is 0 Å². The molecule has 1 saturated heterocycles. The molecule has 112 valence electrons. The van der Waals surface area contributed by atoms with Crippen LogP contribution >= 0.6 is 15.9 Å². The largest absolute Gasteiger partial charge is 0.370 e. The number of ether oxygens (including phenoxy) is 1. The zero-order valence-corrected chi connectivity index (χ0v) is 13.1. The molecule has 1 aromatic rings. The van der Waals surface area contributed by atoms with Gasteiger partial charge < -0.3 is 15.0 Å². The summed E-state index contributed by atoms with van der Waals surface area (Å²) in [6, 6.07) is 7.84. The van der Waals surface area contributed by atoms with Crippen LogP contribution in [0.25, 0.3) is 0 Å². The lowest BCUT2D eigenvalue weighted by atomic mass is 10.1. The van der Waals surface area contributed by atoms with Crippen molar-refractivity contribution in [1.29, 1.82) is 0 Å². The number of nitrogens with zero attached hydrogens (tertiary/aromatic N) is 1. The summed E-state index contributed by atoms with van der Waals surface area (Å²) in [6.45, 7) is 4.84. The molecule has 1 atom stereocenters. The van der Waals surface area contributed by atoms with Crippen molar-refractivity contribution in [1.82, 2.24) is 10.2 Å². The Morgan fingerprint density at radius 2 is 2.33 bits per heavy atom. The maximum Gasteiger partial charge on any atom is 0.243 e. The molecule has 5 nitrogen and oxygen atoms in total. The number of halogens is 1. The van der Waals surface area contributed by atoms with Gasteiger partial charge in [0.2, 0.25) is 11.8 Å². The molecule has 1 heterocycles.